The minimum absolute atomic E-state index is 0.124. The number of carbonyl (C=O) groups is 2. The summed E-state index contributed by atoms with van der Waals surface area (Å²) >= 11 is 1.60. The Hall–Kier alpha value is -2.68. The van der Waals surface area contributed by atoms with Gasteiger partial charge in [0.2, 0.25) is 0 Å². The highest BCUT2D eigenvalue weighted by Crippen LogP contribution is 2.19. The predicted molar refractivity (Wildman–Crippen MR) is 92.3 cm³/mol. The summed E-state index contributed by atoms with van der Waals surface area (Å²) in [6, 6.07) is 4.54. The number of pyridine rings is 1. The van der Waals surface area contributed by atoms with Gasteiger partial charge in [0.15, 0.2) is 5.13 Å². The van der Waals surface area contributed by atoms with Gasteiger partial charge in [-0.1, -0.05) is 6.07 Å². The second-order valence-corrected chi connectivity index (χ2v) is 6.22. The number of rotatable bonds is 3. The molecule has 8 nitrogen and oxygen atoms in total. The zero-order valence-electron chi connectivity index (χ0n) is 13.0. The zero-order valence-corrected chi connectivity index (χ0v) is 13.8. The standard InChI is InChI=1S/C15H18N6O2S/c16-13(22)11-3-1-4-12(18-11)19-14(23)20-6-2-7-21(9-8-20)15-17-5-10-24-15/h1,3-5,10H,2,6-9H2,(H2,16,22)(H,18,19,23). The van der Waals surface area contributed by atoms with Crippen LogP contribution in [0.3, 0.4) is 0 Å². The summed E-state index contributed by atoms with van der Waals surface area (Å²) < 4.78 is 0. The van der Waals surface area contributed by atoms with Gasteiger partial charge >= 0.3 is 6.03 Å². The van der Waals surface area contributed by atoms with Gasteiger partial charge in [0.05, 0.1) is 0 Å². The monoisotopic (exact) mass is 346 g/mol. The first-order valence-electron chi connectivity index (χ1n) is 7.61. The van der Waals surface area contributed by atoms with E-state index in [2.05, 4.69) is 20.2 Å². The molecule has 0 aliphatic carbocycles. The van der Waals surface area contributed by atoms with Crippen molar-refractivity contribution in [3.63, 3.8) is 0 Å². The first-order valence-corrected chi connectivity index (χ1v) is 8.48. The summed E-state index contributed by atoms with van der Waals surface area (Å²) in [5, 5.41) is 5.65. The summed E-state index contributed by atoms with van der Waals surface area (Å²) in [6.07, 6.45) is 2.65. The van der Waals surface area contributed by atoms with Gasteiger partial charge in [0.1, 0.15) is 11.5 Å². The molecule has 0 atom stereocenters. The van der Waals surface area contributed by atoms with Gasteiger partial charge in [-0.2, -0.15) is 0 Å². The molecule has 1 aliphatic heterocycles. The normalized spacial score (nSPS) is 15.0. The van der Waals surface area contributed by atoms with Crippen molar-refractivity contribution in [3.8, 4) is 0 Å². The van der Waals surface area contributed by atoms with Crippen molar-refractivity contribution in [1.82, 2.24) is 14.9 Å². The van der Waals surface area contributed by atoms with Crippen molar-refractivity contribution in [2.45, 2.75) is 6.42 Å². The Bertz CT molecular complexity index is 721. The number of hydrogen-bond donors (Lipinski definition) is 2. The number of hydrogen-bond acceptors (Lipinski definition) is 6. The summed E-state index contributed by atoms with van der Waals surface area (Å²) in [6.45, 7) is 2.85. The van der Waals surface area contributed by atoms with Gasteiger partial charge in [0, 0.05) is 37.8 Å². The molecule has 3 rings (SSSR count). The summed E-state index contributed by atoms with van der Waals surface area (Å²) in [5.74, 6) is -0.308. The maximum atomic E-state index is 12.4. The van der Waals surface area contributed by atoms with E-state index >= 15 is 0 Å². The van der Waals surface area contributed by atoms with Gasteiger partial charge in [-0.3, -0.25) is 10.1 Å². The SMILES string of the molecule is NC(=O)c1cccc(NC(=O)N2CCCN(c3nccs3)CC2)n1. The molecule has 1 saturated heterocycles. The van der Waals surface area contributed by atoms with Crippen molar-refractivity contribution >= 4 is 34.2 Å². The average Bonchev–Trinajstić information content (AvgIpc) is 2.99. The fourth-order valence-electron chi connectivity index (χ4n) is 2.51. The molecule has 0 bridgehead atoms. The molecule has 24 heavy (non-hydrogen) atoms. The van der Waals surface area contributed by atoms with Gasteiger partial charge in [0.25, 0.3) is 5.91 Å². The second kappa shape index (κ2) is 7.26. The molecule has 9 heteroatoms. The van der Waals surface area contributed by atoms with Gasteiger partial charge in [-0.15, -0.1) is 11.3 Å². The number of urea groups is 1. The van der Waals surface area contributed by atoms with Crippen molar-refractivity contribution in [3.05, 3.63) is 35.5 Å². The molecule has 0 saturated carbocycles. The maximum Gasteiger partial charge on any atom is 0.323 e. The van der Waals surface area contributed by atoms with Gasteiger partial charge in [-0.25, -0.2) is 14.8 Å². The Morgan fingerprint density at radius 1 is 1.21 bits per heavy atom. The van der Waals surface area contributed by atoms with E-state index in [9.17, 15) is 9.59 Å². The molecular formula is C15H18N6O2S. The van der Waals surface area contributed by atoms with E-state index < -0.39 is 5.91 Å². The van der Waals surface area contributed by atoms with Crippen LogP contribution < -0.4 is 16.0 Å². The third-order valence-electron chi connectivity index (χ3n) is 3.71. The van der Waals surface area contributed by atoms with Crippen LogP contribution in [0.5, 0.6) is 0 Å². The topological polar surface area (TPSA) is 104 Å². The van der Waals surface area contributed by atoms with Crippen molar-refractivity contribution in [2.75, 3.05) is 36.4 Å². The molecule has 0 unspecified atom stereocenters. The molecule has 0 spiro atoms. The van der Waals surface area contributed by atoms with Crippen LogP contribution in [0, 0.1) is 0 Å². The van der Waals surface area contributed by atoms with Crippen LogP contribution in [0.2, 0.25) is 0 Å². The van der Waals surface area contributed by atoms with Crippen molar-refractivity contribution < 1.29 is 9.59 Å². The fourth-order valence-corrected chi connectivity index (χ4v) is 3.21. The molecule has 0 radical (unpaired) electrons. The van der Waals surface area contributed by atoms with Gasteiger partial charge in [-0.05, 0) is 18.6 Å². The lowest BCUT2D eigenvalue weighted by Crippen LogP contribution is -2.38. The Kier molecular flexibility index (Phi) is 4.90. The number of aromatic nitrogens is 2. The number of amides is 3. The molecule has 126 valence electrons. The van der Waals surface area contributed by atoms with E-state index in [0.717, 1.165) is 24.6 Å². The molecule has 2 aromatic heterocycles. The summed E-state index contributed by atoms with van der Waals surface area (Å²) in [4.78, 5) is 35.9. The van der Waals surface area contributed by atoms with Crippen LogP contribution in [-0.4, -0.2) is 53.0 Å². The quantitative estimate of drug-likeness (QED) is 0.874. The second-order valence-electron chi connectivity index (χ2n) is 5.34. The highest BCUT2D eigenvalue weighted by molar-refractivity contribution is 7.13. The lowest BCUT2D eigenvalue weighted by atomic mass is 10.3. The molecule has 3 N–H and O–H groups in total. The van der Waals surface area contributed by atoms with E-state index in [4.69, 9.17) is 5.73 Å². The van der Waals surface area contributed by atoms with E-state index in [1.54, 1.807) is 34.6 Å². The number of carbonyl (C=O) groups excluding carboxylic acids is 2. The summed E-state index contributed by atoms with van der Waals surface area (Å²) in [7, 11) is 0. The Morgan fingerprint density at radius 2 is 2.08 bits per heavy atom. The Balaban J connectivity index is 1.61. The predicted octanol–water partition coefficient (Wildman–Crippen LogP) is 1.38. The first-order chi connectivity index (χ1) is 11.6. The van der Waals surface area contributed by atoms with Crippen LogP contribution >= 0.6 is 11.3 Å². The molecule has 2 aromatic rings. The van der Waals surface area contributed by atoms with Crippen LogP contribution in [0.25, 0.3) is 0 Å². The van der Waals surface area contributed by atoms with Gasteiger partial charge < -0.3 is 15.5 Å². The maximum absolute atomic E-state index is 12.4. The Morgan fingerprint density at radius 3 is 2.83 bits per heavy atom. The van der Waals surface area contributed by atoms with Crippen LogP contribution in [0.1, 0.15) is 16.9 Å². The summed E-state index contributed by atoms with van der Waals surface area (Å²) in [5.41, 5.74) is 5.33. The molecular weight excluding hydrogens is 328 g/mol. The van der Waals surface area contributed by atoms with E-state index in [1.807, 2.05) is 5.38 Å². The minimum Gasteiger partial charge on any atom is -0.364 e. The van der Waals surface area contributed by atoms with Crippen LogP contribution in [-0.2, 0) is 0 Å². The first kappa shape index (κ1) is 16.2. The highest BCUT2D eigenvalue weighted by Gasteiger charge is 2.20. The lowest BCUT2D eigenvalue weighted by molar-refractivity contribution is 0.0995. The highest BCUT2D eigenvalue weighted by atomic mass is 32.1. The molecule has 3 heterocycles. The van der Waals surface area contributed by atoms with Crippen LogP contribution in [0.4, 0.5) is 15.7 Å². The van der Waals surface area contributed by atoms with Crippen molar-refractivity contribution in [1.29, 1.82) is 0 Å². The molecule has 1 fully saturated rings. The minimum atomic E-state index is -0.625. The number of nitrogens with two attached hydrogens (primary N) is 1. The lowest BCUT2D eigenvalue weighted by Gasteiger charge is -2.21. The van der Waals surface area contributed by atoms with E-state index in [-0.39, 0.29) is 11.7 Å². The van der Waals surface area contributed by atoms with Crippen LogP contribution in [0.15, 0.2) is 29.8 Å². The smallest absolute Gasteiger partial charge is 0.323 e. The number of nitrogens with zero attached hydrogens (tertiary/aromatic N) is 4. The molecule has 0 aromatic carbocycles. The molecule has 1 aliphatic rings. The third-order valence-corrected chi connectivity index (χ3v) is 4.54. The number of thiazole rings is 1. The average molecular weight is 346 g/mol. The Labute approximate surface area is 143 Å². The number of anilines is 2. The third kappa shape index (κ3) is 3.80. The largest absolute Gasteiger partial charge is 0.364 e. The zero-order chi connectivity index (χ0) is 16.9. The van der Waals surface area contributed by atoms with E-state index in [0.29, 0.717) is 18.9 Å². The number of nitrogens with one attached hydrogen (secondary N) is 1. The fraction of sp³-hybridized carbons (Fsp3) is 0.333. The van der Waals surface area contributed by atoms with Crippen molar-refractivity contribution in [2.24, 2.45) is 5.73 Å². The molecule has 3 amide bonds. The number of primary amides is 1. The van der Waals surface area contributed by atoms with E-state index in [1.165, 1.54) is 6.07 Å².